The van der Waals surface area contributed by atoms with Crippen LogP contribution in [0.1, 0.15) is 65.7 Å². The average Bonchev–Trinajstić information content (AvgIpc) is 3.03. The molecule has 4 fully saturated rings. The molecule has 1 aliphatic carbocycles. The first kappa shape index (κ1) is 24.4. The molecule has 4 unspecified atom stereocenters. The van der Waals surface area contributed by atoms with E-state index in [4.69, 9.17) is 4.74 Å². The molecule has 3 heterocycles. The summed E-state index contributed by atoms with van der Waals surface area (Å²) in [6.45, 7) is 15.1. The molecule has 0 radical (unpaired) electrons. The van der Waals surface area contributed by atoms with Crippen molar-refractivity contribution in [3.05, 3.63) is 0 Å². The van der Waals surface area contributed by atoms with E-state index in [1.54, 1.807) is 0 Å². The predicted molar refractivity (Wildman–Crippen MR) is 130 cm³/mol. The number of carbonyl (C=O) groups excluding carboxylic acids is 1. The second-order valence-electron chi connectivity index (χ2n) is 11.9. The van der Waals surface area contributed by atoms with Crippen molar-refractivity contribution < 1.29 is 9.53 Å². The summed E-state index contributed by atoms with van der Waals surface area (Å²) in [6, 6.07) is 1.14. The highest BCUT2D eigenvalue weighted by Gasteiger charge is 2.43. The van der Waals surface area contributed by atoms with Crippen molar-refractivity contribution in [2.45, 2.75) is 83.9 Å². The monoisotopic (exact) mass is 448 g/mol. The summed E-state index contributed by atoms with van der Waals surface area (Å²) in [5.41, 5.74) is -0.257. The van der Waals surface area contributed by atoms with Crippen LogP contribution in [0.5, 0.6) is 0 Å². The van der Waals surface area contributed by atoms with Crippen molar-refractivity contribution in [1.82, 2.24) is 20.0 Å². The van der Waals surface area contributed by atoms with E-state index in [0.717, 1.165) is 44.3 Å². The molecule has 3 saturated heterocycles. The molecule has 1 saturated carbocycles. The minimum atomic E-state index is -0.257. The zero-order valence-corrected chi connectivity index (χ0v) is 21.2. The second kappa shape index (κ2) is 10.7. The molecule has 0 bridgehead atoms. The summed E-state index contributed by atoms with van der Waals surface area (Å²) in [5, 5.41) is 3.89. The maximum absolute atomic E-state index is 12.6. The third-order valence-corrected chi connectivity index (χ3v) is 8.62. The van der Waals surface area contributed by atoms with E-state index in [1.807, 2.05) is 27.9 Å². The van der Waals surface area contributed by atoms with Gasteiger partial charge < -0.3 is 19.9 Å². The summed E-state index contributed by atoms with van der Waals surface area (Å²) in [6.07, 6.45) is 9.21. The van der Waals surface area contributed by atoms with Crippen molar-refractivity contribution in [2.75, 3.05) is 59.5 Å². The normalized spacial score (nSPS) is 34.2. The molecule has 184 valence electrons. The summed E-state index contributed by atoms with van der Waals surface area (Å²) in [4.78, 5) is 20.2. The predicted octanol–water partition coefficient (Wildman–Crippen LogP) is 2.82. The highest BCUT2D eigenvalue weighted by Crippen LogP contribution is 2.35. The zero-order chi connectivity index (χ0) is 22.7. The molecule has 0 aromatic rings. The van der Waals surface area contributed by atoms with Crippen LogP contribution in [0.3, 0.4) is 0 Å². The number of amides is 1. The number of methoxy groups -OCH3 is 1. The van der Waals surface area contributed by atoms with Crippen molar-refractivity contribution in [3.8, 4) is 0 Å². The lowest BCUT2D eigenvalue weighted by Gasteiger charge is -2.49. The third kappa shape index (κ3) is 5.68. The van der Waals surface area contributed by atoms with Gasteiger partial charge in [0.25, 0.3) is 0 Å². The van der Waals surface area contributed by atoms with Gasteiger partial charge >= 0.3 is 0 Å². The van der Waals surface area contributed by atoms with Crippen LogP contribution >= 0.6 is 0 Å². The molecular weight excluding hydrogens is 400 g/mol. The maximum atomic E-state index is 12.6. The van der Waals surface area contributed by atoms with E-state index >= 15 is 0 Å². The first-order chi connectivity index (χ1) is 15.4. The fraction of sp³-hybridized carbons (Fsp3) is 0.962. The Morgan fingerprint density at radius 3 is 2.44 bits per heavy atom. The zero-order valence-electron chi connectivity index (χ0n) is 21.2. The fourth-order valence-corrected chi connectivity index (χ4v) is 6.83. The number of fused-ring (bicyclic) bond motifs is 1. The number of carbonyl (C=O) groups is 1. The standard InChI is InChI=1S/C26H48N4O2/c1-26(2,3)25(31)30-15-10-20(11-16-30)19-28-13-6-14-29(18-17-28)24-22(32-4)9-8-21-7-5-12-27-23(21)24/h20-24,27H,5-19H2,1-4H3. The number of hydrogen-bond donors (Lipinski definition) is 1. The van der Waals surface area contributed by atoms with Gasteiger partial charge in [-0.1, -0.05) is 20.8 Å². The van der Waals surface area contributed by atoms with Gasteiger partial charge in [-0.2, -0.15) is 0 Å². The molecule has 6 heteroatoms. The van der Waals surface area contributed by atoms with Gasteiger partial charge in [-0.05, 0) is 76.4 Å². The fourth-order valence-electron chi connectivity index (χ4n) is 6.83. The Balaban J connectivity index is 1.28. The summed E-state index contributed by atoms with van der Waals surface area (Å²) < 4.78 is 6.02. The molecule has 0 aromatic heterocycles. The molecule has 0 spiro atoms. The molecule has 4 atom stereocenters. The van der Waals surface area contributed by atoms with Crippen LogP contribution in [0.25, 0.3) is 0 Å². The van der Waals surface area contributed by atoms with Gasteiger partial charge in [0.1, 0.15) is 0 Å². The highest BCUT2D eigenvalue weighted by molar-refractivity contribution is 5.81. The van der Waals surface area contributed by atoms with Gasteiger partial charge in [0.05, 0.1) is 12.1 Å². The Kier molecular flexibility index (Phi) is 8.18. The van der Waals surface area contributed by atoms with Gasteiger partial charge in [0.15, 0.2) is 0 Å². The van der Waals surface area contributed by atoms with Crippen LogP contribution in [-0.2, 0) is 9.53 Å². The molecule has 32 heavy (non-hydrogen) atoms. The Labute approximate surface area is 196 Å². The van der Waals surface area contributed by atoms with Crippen molar-refractivity contribution in [2.24, 2.45) is 17.3 Å². The van der Waals surface area contributed by atoms with E-state index in [-0.39, 0.29) is 5.41 Å². The Bertz CT molecular complexity index is 613. The molecule has 1 amide bonds. The van der Waals surface area contributed by atoms with E-state index in [2.05, 4.69) is 20.0 Å². The highest BCUT2D eigenvalue weighted by atomic mass is 16.5. The van der Waals surface area contributed by atoms with Gasteiger partial charge in [-0.3, -0.25) is 9.69 Å². The lowest BCUT2D eigenvalue weighted by molar-refractivity contribution is -0.141. The van der Waals surface area contributed by atoms with Crippen LogP contribution in [0.2, 0.25) is 0 Å². The number of rotatable bonds is 4. The Hall–Kier alpha value is -0.690. The molecule has 0 aromatic carbocycles. The lowest BCUT2D eigenvalue weighted by atomic mass is 9.74. The Morgan fingerprint density at radius 1 is 0.938 bits per heavy atom. The quantitative estimate of drug-likeness (QED) is 0.717. The van der Waals surface area contributed by atoms with Crippen LogP contribution < -0.4 is 5.32 Å². The largest absolute Gasteiger partial charge is 0.380 e. The number of likely N-dealkylation sites (tertiary alicyclic amines) is 1. The number of piperidine rings is 2. The SMILES string of the molecule is COC1CCC2CCCNC2C1N1CCCN(CC2CCN(C(=O)C(C)(C)C)CC2)CC1. The van der Waals surface area contributed by atoms with Crippen molar-refractivity contribution in [3.63, 3.8) is 0 Å². The molecular formula is C26H48N4O2. The van der Waals surface area contributed by atoms with Crippen molar-refractivity contribution >= 4 is 5.91 Å². The number of hydrogen-bond acceptors (Lipinski definition) is 5. The van der Waals surface area contributed by atoms with E-state index in [9.17, 15) is 4.79 Å². The van der Waals surface area contributed by atoms with Crippen LogP contribution in [-0.4, -0.2) is 98.3 Å². The van der Waals surface area contributed by atoms with Crippen LogP contribution in [0.4, 0.5) is 0 Å². The number of nitrogens with one attached hydrogen (secondary N) is 1. The second-order valence-corrected chi connectivity index (χ2v) is 11.9. The van der Waals surface area contributed by atoms with Crippen LogP contribution in [0, 0.1) is 17.3 Å². The minimum absolute atomic E-state index is 0.257. The number of ether oxygens (including phenoxy) is 1. The molecule has 3 aliphatic heterocycles. The van der Waals surface area contributed by atoms with Gasteiger partial charge in [0.2, 0.25) is 5.91 Å². The van der Waals surface area contributed by atoms with Gasteiger partial charge in [-0.25, -0.2) is 0 Å². The van der Waals surface area contributed by atoms with E-state index in [0.29, 0.717) is 24.1 Å². The van der Waals surface area contributed by atoms with E-state index < -0.39 is 0 Å². The molecule has 4 rings (SSSR count). The third-order valence-electron chi connectivity index (χ3n) is 8.62. The van der Waals surface area contributed by atoms with E-state index in [1.165, 1.54) is 64.8 Å². The molecule has 6 nitrogen and oxygen atoms in total. The first-order valence-corrected chi connectivity index (χ1v) is 13.4. The number of nitrogens with zero attached hydrogens (tertiary/aromatic N) is 3. The molecule has 4 aliphatic rings. The van der Waals surface area contributed by atoms with Crippen molar-refractivity contribution in [1.29, 1.82) is 0 Å². The smallest absolute Gasteiger partial charge is 0.227 e. The first-order valence-electron chi connectivity index (χ1n) is 13.4. The van der Waals surface area contributed by atoms with Crippen LogP contribution in [0.15, 0.2) is 0 Å². The summed E-state index contributed by atoms with van der Waals surface area (Å²) in [5.74, 6) is 1.88. The lowest BCUT2D eigenvalue weighted by Crippen LogP contribution is -2.63. The Morgan fingerprint density at radius 2 is 1.72 bits per heavy atom. The molecule has 1 N–H and O–H groups in total. The summed E-state index contributed by atoms with van der Waals surface area (Å²) in [7, 11) is 1.92. The summed E-state index contributed by atoms with van der Waals surface area (Å²) >= 11 is 0. The average molecular weight is 449 g/mol. The van der Waals surface area contributed by atoms with Gasteiger partial charge in [0, 0.05) is 51.3 Å². The maximum Gasteiger partial charge on any atom is 0.227 e. The topological polar surface area (TPSA) is 48.1 Å². The minimum Gasteiger partial charge on any atom is -0.380 e. The van der Waals surface area contributed by atoms with Gasteiger partial charge in [-0.15, -0.1) is 0 Å².